The van der Waals surface area contributed by atoms with Crippen molar-refractivity contribution in [3.05, 3.63) is 16.4 Å². The van der Waals surface area contributed by atoms with E-state index in [9.17, 15) is 9.00 Å². The molecule has 0 unspecified atom stereocenters. The van der Waals surface area contributed by atoms with Gasteiger partial charge in [-0.05, 0) is 0 Å². The lowest BCUT2D eigenvalue weighted by molar-refractivity contribution is 0.676. The molecule has 0 aliphatic carbocycles. The van der Waals surface area contributed by atoms with Gasteiger partial charge in [-0.15, -0.1) is 5.10 Å². The fraction of sp³-hybridized carbons (Fsp3) is 0.286. The number of aromatic amines is 1. The molecule has 0 fully saturated rings. The Morgan fingerprint density at radius 3 is 3.07 bits per heavy atom. The molecule has 0 saturated heterocycles. The van der Waals surface area contributed by atoms with E-state index in [0.717, 1.165) is 0 Å². The van der Waals surface area contributed by atoms with Crippen molar-refractivity contribution in [2.45, 2.75) is 12.1 Å². The first-order valence-corrected chi connectivity index (χ1v) is 5.57. The largest absolute Gasteiger partial charge is 0.383 e. The van der Waals surface area contributed by atoms with Gasteiger partial charge in [0.25, 0.3) is 5.56 Å². The van der Waals surface area contributed by atoms with Crippen LogP contribution in [0.4, 0.5) is 5.82 Å². The van der Waals surface area contributed by atoms with E-state index in [-0.39, 0.29) is 22.3 Å². The second-order valence-electron chi connectivity index (χ2n) is 2.82. The topological polar surface area (TPSA) is 106 Å². The van der Waals surface area contributed by atoms with Gasteiger partial charge in [-0.3, -0.25) is 14.0 Å². The van der Waals surface area contributed by atoms with Gasteiger partial charge in [0.15, 0.2) is 0 Å². The van der Waals surface area contributed by atoms with Crippen molar-refractivity contribution in [3.63, 3.8) is 0 Å². The lowest BCUT2D eigenvalue weighted by atomic mass is 10.6. The number of fused-ring (bicyclic) bond motifs is 1. The highest BCUT2D eigenvalue weighted by Crippen LogP contribution is 2.05. The summed E-state index contributed by atoms with van der Waals surface area (Å²) >= 11 is 0. The van der Waals surface area contributed by atoms with Crippen LogP contribution in [0.3, 0.4) is 0 Å². The van der Waals surface area contributed by atoms with Crippen molar-refractivity contribution >= 4 is 22.4 Å². The van der Waals surface area contributed by atoms with Gasteiger partial charge in [0.1, 0.15) is 5.82 Å². The molecule has 7 nitrogen and oxygen atoms in total. The molecule has 1 atom stereocenters. The molecule has 80 valence electrons. The molecule has 0 aromatic carbocycles. The quantitative estimate of drug-likeness (QED) is 0.693. The minimum Gasteiger partial charge on any atom is -0.383 e. The van der Waals surface area contributed by atoms with Gasteiger partial charge in [0.2, 0.25) is 10.9 Å². The zero-order chi connectivity index (χ0) is 11.0. The van der Waals surface area contributed by atoms with Crippen LogP contribution in [0.25, 0.3) is 5.78 Å². The molecule has 2 heterocycles. The summed E-state index contributed by atoms with van der Waals surface area (Å²) in [5.74, 6) is 0.790. The maximum absolute atomic E-state index is 11.4. The third kappa shape index (κ3) is 1.63. The Bertz CT molecular complexity index is 587. The molecule has 0 saturated carbocycles. The predicted molar refractivity (Wildman–Crippen MR) is 55.0 cm³/mol. The number of nitrogens with two attached hydrogens (primary N) is 1. The summed E-state index contributed by atoms with van der Waals surface area (Å²) in [5.41, 5.74) is 5.19. The van der Waals surface area contributed by atoms with E-state index >= 15 is 0 Å². The van der Waals surface area contributed by atoms with Gasteiger partial charge in [-0.1, -0.05) is 6.92 Å². The highest BCUT2D eigenvalue weighted by atomic mass is 32.2. The predicted octanol–water partition coefficient (Wildman–Crippen LogP) is -0.873. The number of hydrogen-bond donors (Lipinski definition) is 2. The van der Waals surface area contributed by atoms with Crippen LogP contribution in [0.1, 0.15) is 6.92 Å². The summed E-state index contributed by atoms with van der Waals surface area (Å²) in [5, 5.41) is 4.11. The van der Waals surface area contributed by atoms with Gasteiger partial charge in [0, 0.05) is 11.8 Å². The number of nitrogens with zero attached hydrogens (tertiary/aromatic N) is 3. The van der Waals surface area contributed by atoms with Crippen LogP contribution >= 0.6 is 0 Å². The minimum atomic E-state index is -1.26. The van der Waals surface area contributed by atoms with Crippen molar-refractivity contribution in [2.24, 2.45) is 0 Å². The first kappa shape index (κ1) is 9.84. The molecule has 0 radical (unpaired) electrons. The lowest BCUT2D eigenvalue weighted by Gasteiger charge is -1.93. The Labute approximate surface area is 86.8 Å². The second-order valence-corrected chi connectivity index (χ2v) is 4.46. The summed E-state index contributed by atoms with van der Waals surface area (Å²) in [6.45, 7) is 1.76. The average molecular weight is 227 g/mol. The smallest absolute Gasteiger partial charge is 0.254 e. The Morgan fingerprint density at radius 1 is 1.67 bits per heavy atom. The molecule has 0 bridgehead atoms. The molecular weight excluding hydrogens is 218 g/mol. The van der Waals surface area contributed by atoms with E-state index < -0.39 is 10.8 Å². The van der Waals surface area contributed by atoms with E-state index in [1.165, 1.54) is 10.6 Å². The van der Waals surface area contributed by atoms with E-state index in [1.54, 1.807) is 6.92 Å². The number of nitrogen functional groups attached to an aromatic ring is 1. The first-order valence-electron chi connectivity index (χ1n) is 4.25. The normalized spacial score (nSPS) is 13.1. The molecule has 3 N–H and O–H groups in total. The monoisotopic (exact) mass is 227 g/mol. The molecule has 2 aromatic heterocycles. The van der Waals surface area contributed by atoms with E-state index in [4.69, 9.17) is 5.73 Å². The Balaban J connectivity index is 2.70. The van der Waals surface area contributed by atoms with E-state index in [1.807, 2.05) is 0 Å². The number of aromatic nitrogens is 4. The van der Waals surface area contributed by atoms with Crippen molar-refractivity contribution < 1.29 is 4.21 Å². The summed E-state index contributed by atoms with van der Waals surface area (Å²) < 4.78 is 12.7. The fourth-order valence-corrected chi connectivity index (χ4v) is 1.74. The molecule has 0 spiro atoms. The molecule has 2 aromatic rings. The maximum Gasteiger partial charge on any atom is 0.254 e. The summed E-state index contributed by atoms with van der Waals surface area (Å²) in [4.78, 5) is 17.4. The molecule has 2 rings (SSSR count). The number of anilines is 1. The van der Waals surface area contributed by atoms with Crippen LogP contribution in [0.15, 0.2) is 16.0 Å². The lowest BCUT2D eigenvalue weighted by Crippen LogP contribution is -2.11. The molecular formula is C7H9N5O2S. The summed E-state index contributed by atoms with van der Waals surface area (Å²) in [6.07, 6.45) is 0. The van der Waals surface area contributed by atoms with Gasteiger partial charge in [0.05, 0.1) is 10.8 Å². The number of hydrogen-bond acceptors (Lipinski definition) is 5. The highest BCUT2D eigenvalue weighted by Gasteiger charge is 2.11. The van der Waals surface area contributed by atoms with Gasteiger partial charge in [-0.2, -0.15) is 9.50 Å². The zero-order valence-corrected chi connectivity index (χ0v) is 8.74. The standard InChI is InChI=1S/C7H9N5O2S/c1-2-15(14)7-10-6-9-5(13)3-4(8)12(6)11-7/h3H,2,8H2,1H3,(H,9,10,11,13)/t15-/m1/s1. The molecule has 0 amide bonds. The maximum atomic E-state index is 11.4. The Kier molecular flexibility index (Phi) is 2.27. The van der Waals surface area contributed by atoms with Crippen molar-refractivity contribution in [3.8, 4) is 0 Å². The SMILES string of the molecule is CC[S@@](=O)c1nc2[nH]c(=O)cc(N)n2n1. The van der Waals surface area contributed by atoms with Crippen LogP contribution in [0.5, 0.6) is 0 Å². The van der Waals surface area contributed by atoms with Crippen LogP contribution < -0.4 is 11.3 Å². The zero-order valence-electron chi connectivity index (χ0n) is 7.93. The van der Waals surface area contributed by atoms with Crippen molar-refractivity contribution in [1.82, 2.24) is 19.6 Å². The average Bonchev–Trinajstić information content (AvgIpc) is 2.60. The Hall–Kier alpha value is -1.70. The number of H-pyrrole nitrogens is 1. The third-order valence-corrected chi connectivity index (χ3v) is 2.92. The molecule has 15 heavy (non-hydrogen) atoms. The second kappa shape index (κ2) is 3.46. The van der Waals surface area contributed by atoms with Gasteiger partial charge < -0.3 is 5.73 Å². The summed E-state index contributed by atoms with van der Waals surface area (Å²) in [6, 6.07) is 1.19. The van der Waals surface area contributed by atoms with Gasteiger partial charge in [-0.25, -0.2) is 0 Å². The highest BCUT2D eigenvalue weighted by molar-refractivity contribution is 7.84. The van der Waals surface area contributed by atoms with Crippen molar-refractivity contribution in [1.29, 1.82) is 0 Å². The van der Waals surface area contributed by atoms with Gasteiger partial charge >= 0.3 is 0 Å². The van der Waals surface area contributed by atoms with Crippen LogP contribution in [-0.4, -0.2) is 29.5 Å². The summed E-state index contributed by atoms with van der Waals surface area (Å²) in [7, 11) is -1.26. The molecule has 0 aliphatic rings. The van der Waals surface area contributed by atoms with E-state index in [2.05, 4.69) is 15.1 Å². The number of rotatable bonds is 2. The van der Waals surface area contributed by atoms with Crippen LogP contribution in [0, 0.1) is 0 Å². The van der Waals surface area contributed by atoms with Crippen LogP contribution in [-0.2, 0) is 10.8 Å². The van der Waals surface area contributed by atoms with Crippen LogP contribution in [0.2, 0.25) is 0 Å². The van der Waals surface area contributed by atoms with E-state index in [0.29, 0.717) is 5.75 Å². The van der Waals surface area contributed by atoms with Crippen molar-refractivity contribution in [2.75, 3.05) is 11.5 Å². The first-order chi connectivity index (χ1) is 7.11. The molecule has 0 aliphatic heterocycles. The molecule has 8 heteroatoms. The number of nitrogens with one attached hydrogen (secondary N) is 1. The Morgan fingerprint density at radius 2 is 2.40 bits per heavy atom. The fourth-order valence-electron chi connectivity index (χ4n) is 1.12. The minimum absolute atomic E-state index is 0.167. The third-order valence-electron chi connectivity index (χ3n) is 1.81.